The molecule has 206 valence electrons. The van der Waals surface area contributed by atoms with Crippen LogP contribution < -0.4 is 14.9 Å². The van der Waals surface area contributed by atoms with Gasteiger partial charge in [-0.05, 0) is 49.4 Å². The summed E-state index contributed by atoms with van der Waals surface area (Å²) in [5.74, 6) is -0.565. The average Bonchev–Trinajstić information content (AvgIpc) is 3.35. The highest BCUT2D eigenvalue weighted by Crippen LogP contribution is 2.30. The number of sulfonamides is 1. The number of piperazine rings is 1. The first kappa shape index (κ1) is 28.8. The number of thiazole rings is 1. The summed E-state index contributed by atoms with van der Waals surface area (Å²) in [7, 11) is -3.75. The topological polar surface area (TPSA) is 94.6 Å². The number of anilines is 2. The van der Waals surface area contributed by atoms with Crippen molar-refractivity contribution >= 4 is 60.7 Å². The number of hydrogen-bond acceptors (Lipinski definition) is 7. The number of carbonyl (C=O) groups excluding carboxylic acids is 1. The fourth-order valence-corrected chi connectivity index (χ4v) is 6.37. The van der Waals surface area contributed by atoms with E-state index < -0.39 is 10.0 Å². The largest absolute Gasteiger partial charge is 0.351 e. The van der Waals surface area contributed by atoms with E-state index in [2.05, 4.69) is 24.8 Å². The third-order valence-corrected chi connectivity index (χ3v) is 8.90. The van der Waals surface area contributed by atoms with Crippen molar-refractivity contribution in [2.24, 2.45) is 0 Å². The van der Waals surface area contributed by atoms with Crippen LogP contribution >= 0.6 is 23.7 Å². The van der Waals surface area contributed by atoms with E-state index >= 15 is 0 Å². The molecule has 0 unspecified atom stereocenters. The Kier molecular flexibility index (Phi) is 9.06. The molecule has 1 saturated heterocycles. The summed E-state index contributed by atoms with van der Waals surface area (Å²) < 4.78 is 42.7. The summed E-state index contributed by atoms with van der Waals surface area (Å²) in [6, 6.07) is 18.0. The summed E-state index contributed by atoms with van der Waals surface area (Å²) in [5, 5.41) is 3.75. The summed E-state index contributed by atoms with van der Waals surface area (Å²) in [4.78, 5) is 21.8. The summed E-state index contributed by atoms with van der Waals surface area (Å²) in [5.41, 5.74) is 2.09. The first-order valence-electron chi connectivity index (χ1n) is 12.3. The van der Waals surface area contributed by atoms with Crippen molar-refractivity contribution in [3.8, 4) is 0 Å². The lowest BCUT2D eigenvalue weighted by Crippen LogP contribution is -2.48. The van der Waals surface area contributed by atoms with Gasteiger partial charge in [-0.15, -0.1) is 12.4 Å². The van der Waals surface area contributed by atoms with Gasteiger partial charge < -0.3 is 10.2 Å². The Morgan fingerprint density at radius 2 is 1.74 bits per heavy atom. The zero-order chi connectivity index (χ0) is 26.7. The molecule has 4 aromatic rings. The fraction of sp³-hybridized carbons (Fsp3) is 0.259. The number of aryl methyl sites for hydroxylation is 1. The second-order valence-electron chi connectivity index (χ2n) is 9.17. The molecule has 8 nitrogen and oxygen atoms in total. The van der Waals surface area contributed by atoms with E-state index in [4.69, 9.17) is 0 Å². The van der Waals surface area contributed by atoms with Crippen molar-refractivity contribution in [3.05, 3.63) is 83.7 Å². The third kappa shape index (κ3) is 6.85. The van der Waals surface area contributed by atoms with Crippen LogP contribution in [0.25, 0.3) is 10.2 Å². The summed E-state index contributed by atoms with van der Waals surface area (Å²) in [6.45, 7) is 6.21. The minimum atomic E-state index is -3.75. The highest BCUT2D eigenvalue weighted by molar-refractivity contribution is 7.92. The number of nitrogens with zero attached hydrogens (tertiary/aromatic N) is 3. The van der Waals surface area contributed by atoms with Crippen LogP contribution in [0, 0.1) is 12.7 Å². The number of para-hydroxylation sites is 1. The van der Waals surface area contributed by atoms with Crippen LogP contribution in [-0.4, -0.2) is 63.5 Å². The number of carbonyl (C=O) groups is 1. The van der Waals surface area contributed by atoms with Crippen LogP contribution in [0.3, 0.4) is 0 Å². The molecule has 0 radical (unpaired) electrons. The lowest BCUT2D eigenvalue weighted by Gasteiger charge is -2.34. The van der Waals surface area contributed by atoms with Gasteiger partial charge in [0.15, 0.2) is 5.13 Å². The molecule has 1 aromatic heterocycles. The minimum Gasteiger partial charge on any atom is -0.351 e. The van der Waals surface area contributed by atoms with Gasteiger partial charge in [-0.3, -0.25) is 14.4 Å². The van der Waals surface area contributed by atoms with Gasteiger partial charge in [0.25, 0.3) is 15.9 Å². The molecule has 0 bridgehead atoms. The van der Waals surface area contributed by atoms with Gasteiger partial charge in [0.05, 0.1) is 9.60 Å². The highest BCUT2D eigenvalue weighted by atomic mass is 35.5. The molecule has 1 amide bonds. The Morgan fingerprint density at radius 1 is 1.03 bits per heavy atom. The van der Waals surface area contributed by atoms with E-state index in [1.165, 1.54) is 23.5 Å². The smallest absolute Gasteiger partial charge is 0.261 e. The average molecular weight is 590 g/mol. The molecule has 3 aromatic carbocycles. The van der Waals surface area contributed by atoms with Crippen molar-refractivity contribution in [1.82, 2.24) is 15.2 Å². The molecule has 1 aliphatic rings. The molecule has 0 atom stereocenters. The molecule has 2 heterocycles. The van der Waals surface area contributed by atoms with E-state index in [1.54, 1.807) is 48.5 Å². The number of nitrogens with one attached hydrogen (secondary N) is 2. The zero-order valence-electron chi connectivity index (χ0n) is 21.3. The Morgan fingerprint density at radius 3 is 2.46 bits per heavy atom. The molecular weight excluding hydrogens is 561 g/mol. The van der Waals surface area contributed by atoms with Crippen LogP contribution in [0.1, 0.15) is 15.9 Å². The van der Waals surface area contributed by atoms with Gasteiger partial charge in [0.1, 0.15) is 11.3 Å². The van der Waals surface area contributed by atoms with Gasteiger partial charge in [-0.2, -0.15) is 0 Å². The monoisotopic (exact) mass is 589 g/mol. The standard InChI is InChI=1S/C27H28FN5O3S2.ClH/c1-19-8-10-22(11-9-19)38(35,36)31-21-5-2-4-20(18-21)26(34)29-12-13-32-14-16-33(17-15-32)27-30-25-23(28)6-3-7-24(25)37-27;/h2-11,18,31H,12-17H2,1H3,(H,29,34);1H. The number of amides is 1. The molecule has 1 aliphatic heterocycles. The van der Waals surface area contributed by atoms with E-state index in [9.17, 15) is 17.6 Å². The van der Waals surface area contributed by atoms with E-state index in [1.807, 2.05) is 13.0 Å². The molecule has 0 aliphatic carbocycles. The SMILES string of the molecule is Cc1ccc(S(=O)(=O)Nc2cccc(C(=O)NCCN3CCN(c4nc5c(F)cccc5s4)CC3)c2)cc1.Cl. The van der Waals surface area contributed by atoms with Gasteiger partial charge in [-0.1, -0.05) is 41.2 Å². The van der Waals surface area contributed by atoms with Crippen molar-refractivity contribution in [2.75, 3.05) is 48.9 Å². The van der Waals surface area contributed by atoms with Crippen LogP contribution in [0.2, 0.25) is 0 Å². The molecule has 5 rings (SSSR count). The van der Waals surface area contributed by atoms with Gasteiger partial charge in [0.2, 0.25) is 0 Å². The third-order valence-electron chi connectivity index (χ3n) is 6.42. The van der Waals surface area contributed by atoms with Crippen LogP contribution in [0.15, 0.2) is 71.6 Å². The summed E-state index contributed by atoms with van der Waals surface area (Å²) >= 11 is 1.50. The maximum atomic E-state index is 14.0. The van der Waals surface area contributed by atoms with Gasteiger partial charge >= 0.3 is 0 Å². The summed E-state index contributed by atoms with van der Waals surface area (Å²) in [6.07, 6.45) is 0. The second-order valence-corrected chi connectivity index (χ2v) is 11.9. The molecule has 0 spiro atoms. The number of hydrogen-bond donors (Lipinski definition) is 2. The Bertz CT molecular complexity index is 1560. The van der Waals surface area contributed by atoms with Gasteiger partial charge in [-0.25, -0.2) is 17.8 Å². The first-order chi connectivity index (χ1) is 18.3. The Balaban J connectivity index is 0.00000353. The molecule has 1 fully saturated rings. The number of fused-ring (bicyclic) bond motifs is 1. The van der Waals surface area contributed by atoms with E-state index in [0.29, 0.717) is 29.9 Å². The number of benzene rings is 3. The minimum absolute atomic E-state index is 0. The predicted octanol–water partition coefficient (Wildman–Crippen LogP) is 4.52. The molecular formula is C27H29ClFN5O3S2. The van der Waals surface area contributed by atoms with Crippen LogP contribution in [-0.2, 0) is 10.0 Å². The maximum Gasteiger partial charge on any atom is 0.261 e. The lowest BCUT2D eigenvalue weighted by molar-refractivity contribution is 0.0948. The predicted molar refractivity (Wildman–Crippen MR) is 156 cm³/mol. The molecule has 39 heavy (non-hydrogen) atoms. The molecule has 2 N–H and O–H groups in total. The van der Waals surface area contributed by atoms with E-state index in [-0.39, 0.29) is 29.0 Å². The van der Waals surface area contributed by atoms with Crippen LogP contribution in [0.4, 0.5) is 15.2 Å². The van der Waals surface area contributed by atoms with Gasteiger partial charge in [0, 0.05) is 50.5 Å². The van der Waals surface area contributed by atoms with E-state index in [0.717, 1.165) is 41.6 Å². The van der Waals surface area contributed by atoms with Crippen molar-refractivity contribution in [1.29, 1.82) is 0 Å². The zero-order valence-corrected chi connectivity index (χ0v) is 23.7. The Labute approximate surface area is 237 Å². The maximum absolute atomic E-state index is 14.0. The first-order valence-corrected chi connectivity index (χ1v) is 14.6. The fourth-order valence-electron chi connectivity index (χ4n) is 4.29. The van der Waals surface area contributed by atoms with Crippen molar-refractivity contribution in [3.63, 3.8) is 0 Å². The number of halogens is 2. The highest BCUT2D eigenvalue weighted by Gasteiger charge is 2.21. The lowest BCUT2D eigenvalue weighted by atomic mass is 10.2. The number of aromatic nitrogens is 1. The number of rotatable bonds is 8. The Hall–Kier alpha value is -3.25. The normalized spacial score (nSPS) is 14.2. The second kappa shape index (κ2) is 12.3. The van der Waals surface area contributed by atoms with Crippen LogP contribution in [0.5, 0.6) is 0 Å². The van der Waals surface area contributed by atoms with Crippen molar-refractivity contribution < 1.29 is 17.6 Å². The quantitative estimate of drug-likeness (QED) is 0.314. The molecule has 12 heteroatoms. The van der Waals surface area contributed by atoms with Crippen molar-refractivity contribution in [2.45, 2.75) is 11.8 Å². The molecule has 0 saturated carbocycles.